The van der Waals surface area contributed by atoms with Crippen LogP contribution < -0.4 is 5.32 Å². The number of anilines is 1. The minimum absolute atomic E-state index is 0.167. The second-order valence-electron chi connectivity index (χ2n) is 5.34. The van der Waals surface area contributed by atoms with Gasteiger partial charge in [0, 0.05) is 22.2 Å². The van der Waals surface area contributed by atoms with Crippen LogP contribution in [0.1, 0.15) is 15.9 Å². The molecular formula is C17H12Br2N4O3. The quantitative estimate of drug-likeness (QED) is 0.427. The molecule has 0 aliphatic carbocycles. The van der Waals surface area contributed by atoms with E-state index in [1.165, 1.54) is 18.2 Å². The molecule has 2 aromatic carbocycles. The Kier molecular flexibility index (Phi) is 5.48. The summed E-state index contributed by atoms with van der Waals surface area (Å²) < 4.78 is 2.90. The largest absolute Gasteiger partial charge is 0.307 e. The fourth-order valence-corrected chi connectivity index (χ4v) is 3.14. The Balaban J connectivity index is 1.81. The molecule has 0 fully saturated rings. The van der Waals surface area contributed by atoms with E-state index in [2.05, 4.69) is 42.3 Å². The van der Waals surface area contributed by atoms with E-state index < -0.39 is 10.8 Å². The summed E-state index contributed by atoms with van der Waals surface area (Å²) in [7, 11) is 0. The average Bonchev–Trinajstić information content (AvgIpc) is 3.04. The number of hydrogen-bond acceptors (Lipinski definition) is 4. The number of aromatic nitrogens is 2. The van der Waals surface area contributed by atoms with E-state index >= 15 is 0 Å². The molecule has 0 bridgehead atoms. The van der Waals surface area contributed by atoms with E-state index in [4.69, 9.17) is 0 Å². The number of nitro benzene ring substituents is 1. The van der Waals surface area contributed by atoms with Crippen molar-refractivity contribution in [2.45, 2.75) is 6.54 Å². The predicted octanol–water partition coefficient (Wildman–Crippen LogP) is 4.62. The van der Waals surface area contributed by atoms with Crippen molar-refractivity contribution >= 4 is 49.3 Å². The minimum Gasteiger partial charge on any atom is -0.307 e. The van der Waals surface area contributed by atoms with Crippen molar-refractivity contribution in [3.63, 3.8) is 0 Å². The summed E-state index contributed by atoms with van der Waals surface area (Å²) in [5.41, 5.74) is 1.03. The molecule has 26 heavy (non-hydrogen) atoms. The Labute approximate surface area is 165 Å². The highest BCUT2D eigenvalue weighted by molar-refractivity contribution is 9.10. The molecule has 1 aromatic heterocycles. The molecular weight excluding hydrogens is 468 g/mol. The first-order valence-corrected chi connectivity index (χ1v) is 9.05. The minimum atomic E-state index is -0.544. The lowest BCUT2D eigenvalue weighted by atomic mass is 10.2. The van der Waals surface area contributed by atoms with Crippen LogP contribution in [0.15, 0.2) is 63.7 Å². The van der Waals surface area contributed by atoms with Gasteiger partial charge in [-0.05, 0) is 39.7 Å². The summed E-state index contributed by atoms with van der Waals surface area (Å²) in [6.45, 7) is 0.463. The van der Waals surface area contributed by atoms with Crippen molar-refractivity contribution in [2.24, 2.45) is 0 Å². The van der Waals surface area contributed by atoms with Gasteiger partial charge in [-0.25, -0.2) is 4.68 Å². The topological polar surface area (TPSA) is 90.1 Å². The van der Waals surface area contributed by atoms with Crippen LogP contribution in [0.2, 0.25) is 0 Å². The Hall–Kier alpha value is -2.52. The standard InChI is InChI=1S/C17H12Br2N4O3/c18-13-4-2-1-3-12(13)10-22-16(7-8-20-22)21-17(24)11-5-6-14(19)15(9-11)23(25)26/h1-9H,10H2,(H,21,24). The smallest absolute Gasteiger partial charge is 0.284 e. The van der Waals surface area contributed by atoms with Crippen molar-refractivity contribution in [1.29, 1.82) is 0 Å². The first kappa shape index (κ1) is 18.3. The summed E-state index contributed by atoms with van der Waals surface area (Å²) in [6.07, 6.45) is 1.58. The van der Waals surface area contributed by atoms with Crippen molar-refractivity contribution in [3.05, 3.63) is 84.9 Å². The lowest BCUT2D eigenvalue weighted by molar-refractivity contribution is -0.385. The number of hydrogen-bond donors (Lipinski definition) is 1. The number of nitrogens with one attached hydrogen (secondary N) is 1. The monoisotopic (exact) mass is 478 g/mol. The molecule has 0 saturated heterocycles. The van der Waals surface area contributed by atoms with Crippen molar-refractivity contribution in [1.82, 2.24) is 9.78 Å². The Morgan fingerprint density at radius 3 is 2.65 bits per heavy atom. The maximum absolute atomic E-state index is 12.5. The second kappa shape index (κ2) is 7.79. The van der Waals surface area contributed by atoms with E-state index in [0.717, 1.165) is 10.0 Å². The first-order chi connectivity index (χ1) is 12.5. The predicted molar refractivity (Wildman–Crippen MR) is 104 cm³/mol. The Morgan fingerprint density at radius 1 is 1.15 bits per heavy atom. The SMILES string of the molecule is O=C(Nc1ccnn1Cc1ccccc1Br)c1ccc(Br)c([N+](=O)[O-])c1. The Bertz CT molecular complexity index is 988. The van der Waals surface area contributed by atoms with Gasteiger partial charge in [-0.3, -0.25) is 14.9 Å². The van der Waals surface area contributed by atoms with Crippen LogP contribution in [0.4, 0.5) is 11.5 Å². The summed E-state index contributed by atoms with van der Waals surface area (Å²) in [4.78, 5) is 23.0. The van der Waals surface area contributed by atoms with Crippen molar-refractivity contribution in [3.8, 4) is 0 Å². The van der Waals surface area contributed by atoms with Crippen molar-refractivity contribution < 1.29 is 9.72 Å². The van der Waals surface area contributed by atoms with Crippen molar-refractivity contribution in [2.75, 3.05) is 5.32 Å². The van der Waals surface area contributed by atoms with Crippen LogP contribution in [0.25, 0.3) is 0 Å². The van der Waals surface area contributed by atoms with Crippen LogP contribution in [-0.4, -0.2) is 20.6 Å². The zero-order valence-electron chi connectivity index (χ0n) is 13.2. The van der Waals surface area contributed by atoms with Gasteiger partial charge in [0.15, 0.2) is 0 Å². The number of carbonyl (C=O) groups is 1. The lowest BCUT2D eigenvalue weighted by Crippen LogP contribution is -2.16. The second-order valence-corrected chi connectivity index (χ2v) is 7.05. The van der Waals surface area contributed by atoms with Crippen LogP contribution in [0, 0.1) is 10.1 Å². The number of nitro groups is 1. The first-order valence-electron chi connectivity index (χ1n) is 7.46. The number of benzene rings is 2. The van der Waals surface area contributed by atoms with Gasteiger partial charge in [0.25, 0.3) is 11.6 Å². The van der Waals surface area contributed by atoms with Gasteiger partial charge in [-0.15, -0.1) is 0 Å². The molecule has 0 saturated carbocycles. The van der Waals surface area contributed by atoms with E-state index in [1.807, 2.05) is 24.3 Å². The molecule has 0 unspecified atom stereocenters. The number of rotatable bonds is 5. The average molecular weight is 480 g/mol. The molecule has 7 nitrogen and oxygen atoms in total. The molecule has 0 radical (unpaired) electrons. The van der Waals surface area contributed by atoms with E-state index in [1.54, 1.807) is 16.9 Å². The highest BCUT2D eigenvalue weighted by Gasteiger charge is 2.17. The summed E-state index contributed by atoms with van der Waals surface area (Å²) in [6, 6.07) is 13.6. The van der Waals surface area contributed by atoms with Gasteiger partial charge < -0.3 is 5.32 Å². The summed E-state index contributed by atoms with van der Waals surface area (Å²) >= 11 is 6.59. The third-order valence-corrected chi connectivity index (χ3v) is 5.09. The molecule has 1 amide bonds. The number of halogens is 2. The van der Waals surface area contributed by atoms with Gasteiger partial charge in [-0.2, -0.15) is 5.10 Å². The zero-order valence-corrected chi connectivity index (χ0v) is 16.4. The number of nitrogens with zero attached hydrogens (tertiary/aromatic N) is 3. The van der Waals surface area contributed by atoms with Gasteiger partial charge in [0.05, 0.1) is 22.1 Å². The van der Waals surface area contributed by atoms with E-state index in [-0.39, 0.29) is 11.3 Å². The van der Waals surface area contributed by atoms with Gasteiger partial charge in [0.1, 0.15) is 5.82 Å². The maximum atomic E-state index is 12.5. The van der Waals surface area contributed by atoms with E-state index in [0.29, 0.717) is 16.8 Å². The fourth-order valence-electron chi connectivity index (χ4n) is 2.34. The lowest BCUT2D eigenvalue weighted by Gasteiger charge is -2.10. The van der Waals surface area contributed by atoms with Gasteiger partial charge in [-0.1, -0.05) is 34.1 Å². The molecule has 0 atom stereocenters. The third-order valence-electron chi connectivity index (χ3n) is 3.64. The molecule has 1 N–H and O–H groups in total. The maximum Gasteiger partial charge on any atom is 0.284 e. The molecule has 9 heteroatoms. The molecule has 0 aliphatic rings. The fraction of sp³-hybridized carbons (Fsp3) is 0.0588. The molecule has 3 rings (SSSR count). The van der Waals surface area contributed by atoms with Crippen LogP contribution in [0.3, 0.4) is 0 Å². The normalized spacial score (nSPS) is 10.5. The third kappa shape index (κ3) is 4.00. The highest BCUT2D eigenvalue weighted by atomic mass is 79.9. The molecule has 0 spiro atoms. The summed E-state index contributed by atoms with van der Waals surface area (Å²) in [5.74, 6) is 0.0470. The molecule has 0 aliphatic heterocycles. The molecule has 3 aromatic rings. The molecule has 132 valence electrons. The number of carbonyl (C=O) groups excluding carboxylic acids is 1. The van der Waals surface area contributed by atoms with Crippen LogP contribution in [-0.2, 0) is 6.54 Å². The Morgan fingerprint density at radius 2 is 1.92 bits per heavy atom. The van der Waals surface area contributed by atoms with E-state index in [9.17, 15) is 14.9 Å². The van der Waals surface area contributed by atoms with Gasteiger partial charge in [0.2, 0.25) is 0 Å². The van der Waals surface area contributed by atoms with Crippen LogP contribution >= 0.6 is 31.9 Å². The number of amides is 1. The summed E-state index contributed by atoms with van der Waals surface area (Å²) in [5, 5.41) is 18.0. The van der Waals surface area contributed by atoms with Gasteiger partial charge >= 0.3 is 0 Å². The highest BCUT2D eigenvalue weighted by Crippen LogP contribution is 2.26. The zero-order chi connectivity index (χ0) is 18.7. The molecule has 1 heterocycles. The van der Waals surface area contributed by atoms with Crippen LogP contribution in [0.5, 0.6) is 0 Å².